The standard InChI is InChI=1S/C22H25N3O/c1-16-10-11-20-18(14-16)19(22(26)25(4)13-12-24(2)3)15-21(23-20)17-8-6-5-7-9-17/h5-11,14-15H,12-13H2,1-4H3. The van der Waals surface area contributed by atoms with Gasteiger partial charge in [0.2, 0.25) is 0 Å². The number of likely N-dealkylation sites (N-methyl/N-ethyl adjacent to an activating group) is 2. The summed E-state index contributed by atoms with van der Waals surface area (Å²) in [5.74, 6) is 0.0297. The van der Waals surface area contributed by atoms with E-state index in [1.807, 2.05) is 82.7 Å². The van der Waals surface area contributed by atoms with Crippen LogP contribution in [0.4, 0.5) is 0 Å². The topological polar surface area (TPSA) is 36.4 Å². The number of fused-ring (bicyclic) bond motifs is 1. The molecule has 2 aromatic carbocycles. The normalized spacial score (nSPS) is 11.1. The lowest BCUT2D eigenvalue weighted by Gasteiger charge is -2.21. The highest BCUT2D eigenvalue weighted by Gasteiger charge is 2.17. The van der Waals surface area contributed by atoms with E-state index >= 15 is 0 Å². The van der Waals surface area contributed by atoms with Crippen molar-refractivity contribution in [1.29, 1.82) is 0 Å². The molecule has 0 aliphatic rings. The second-order valence-electron chi connectivity index (χ2n) is 6.97. The number of carbonyl (C=O) groups is 1. The molecule has 1 aromatic heterocycles. The number of carbonyl (C=O) groups excluding carboxylic acids is 1. The number of hydrogen-bond acceptors (Lipinski definition) is 3. The summed E-state index contributed by atoms with van der Waals surface area (Å²) in [6, 6.07) is 18.0. The van der Waals surface area contributed by atoms with Crippen LogP contribution in [0.2, 0.25) is 0 Å². The molecule has 4 nitrogen and oxygen atoms in total. The van der Waals surface area contributed by atoms with Gasteiger partial charge in [-0.25, -0.2) is 4.98 Å². The minimum absolute atomic E-state index is 0.0297. The van der Waals surface area contributed by atoms with Gasteiger partial charge in [0, 0.05) is 31.1 Å². The van der Waals surface area contributed by atoms with Gasteiger partial charge in [0.1, 0.15) is 0 Å². The Bertz CT molecular complexity index is 919. The Hall–Kier alpha value is -2.72. The highest BCUT2D eigenvalue weighted by molar-refractivity contribution is 6.07. The average molecular weight is 347 g/mol. The molecule has 0 saturated heterocycles. The minimum Gasteiger partial charge on any atom is -0.340 e. The summed E-state index contributed by atoms with van der Waals surface area (Å²) in [4.78, 5) is 21.8. The van der Waals surface area contributed by atoms with Crippen molar-refractivity contribution in [2.75, 3.05) is 34.2 Å². The van der Waals surface area contributed by atoms with Crippen LogP contribution in [0.5, 0.6) is 0 Å². The lowest BCUT2D eigenvalue weighted by Crippen LogP contribution is -2.33. The Morgan fingerprint density at radius 2 is 1.69 bits per heavy atom. The highest BCUT2D eigenvalue weighted by Crippen LogP contribution is 2.26. The molecule has 0 aliphatic heterocycles. The van der Waals surface area contributed by atoms with Gasteiger partial charge in [0.05, 0.1) is 16.8 Å². The van der Waals surface area contributed by atoms with Crippen LogP contribution in [0.25, 0.3) is 22.2 Å². The average Bonchev–Trinajstić information content (AvgIpc) is 2.65. The van der Waals surface area contributed by atoms with Gasteiger partial charge in [-0.1, -0.05) is 42.0 Å². The van der Waals surface area contributed by atoms with E-state index in [9.17, 15) is 4.79 Å². The molecule has 0 radical (unpaired) electrons. The second-order valence-corrected chi connectivity index (χ2v) is 6.97. The predicted molar refractivity (Wildman–Crippen MR) is 107 cm³/mol. The number of pyridine rings is 1. The van der Waals surface area contributed by atoms with Crippen LogP contribution in [0.3, 0.4) is 0 Å². The van der Waals surface area contributed by atoms with Gasteiger partial charge in [-0.2, -0.15) is 0 Å². The van der Waals surface area contributed by atoms with E-state index < -0.39 is 0 Å². The van der Waals surface area contributed by atoms with Crippen LogP contribution >= 0.6 is 0 Å². The first kappa shape index (κ1) is 18.1. The summed E-state index contributed by atoms with van der Waals surface area (Å²) in [6.07, 6.45) is 0. The number of hydrogen-bond donors (Lipinski definition) is 0. The molecule has 0 aliphatic carbocycles. The van der Waals surface area contributed by atoms with Crippen molar-refractivity contribution in [3.8, 4) is 11.3 Å². The number of aromatic nitrogens is 1. The third kappa shape index (κ3) is 3.92. The third-order valence-corrected chi connectivity index (χ3v) is 4.49. The van der Waals surface area contributed by atoms with Gasteiger partial charge in [-0.3, -0.25) is 4.79 Å². The first-order valence-corrected chi connectivity index (χ1v) is 8.83. The number of amides is 1. The Labute approximate surface area is 155 Å². The molecule has 134 valence electrons. The number of aryl methyl sites for hydroxylation is 1. The Morgan fingerprint density at radius 3 is 2.38 bits per heavy atom. The molecular weight excluding hydrogens is 322 g/mol. The molecule has 1 amide bonds. The van der Waals surface area contributed by atoms with Crippen LogP contribution < -0.4 is 0 Å². The predicted octanol–water partition coefficient (Wildman–Crippen LogP) is 3.84. The fraction of sp³-hybridized carbons (Fsp3) is 0.273. The summed E-state index contributed by atoms with van der Waals surface area (Å²) in [5.41, 5.74) is 4.52. The third-order valence-electron chi connectivity index (χ3n) is 4.49. The summed E-state index contributed by atoms with van der Waals surface area (Å²) in [6.45, 7) is 3.55. The van der Waals surface area contributed by atoms with Gasteiger partial charge >= 0.3 is 0 Å². The molecule has 0 unspecified atom stereocenters. The fourth-order valence-corrected chi connectivity index (χ4v) is 2.93. The van der Waals surface area contributed by atoms with Gasteiger partial charge < -0.3 is 9.80 Å². The molecule has 0 spiro atoms. The zero-order valence-electron chi connectivity index (χ0n) is 15.9. The Kier molecular flexibility index (Phi) is 5.33. The SMILES string of the molecule is Cc1ccc2nc(-c3ccccc3)cc(C(=O)N(C)CCN(C)C)c2c1. The summed E-state index contributed by atoms with van der Waals surface area (Å²) >= 11 is 0. The maximum absolute atomic E-state index is 13.1. The molecular formula is C22H25N3O. The molecule has 3 aromatic rings. The van der Waals surface area contributed by atoms with Crippen LogP contribution in [-0.4, -0.2) is 54.9 Å². The van der Waals surface area contributed by atoms with E-state index in [0.717, 1.165) is 34.3 Å². The molecule has 0 saturated carbocycles. The van der Waals surface area contributed by atoms with Gasteiger partial charge in [0.25, 0.3) is 5.91 Å². The Balaban J connectivity index is 2.09. The van der Waals surface area contributed by atoms with E-state index in [0.29, 0.717) is 12.1 Å². The monoisotopic (exact) mass is 347 g/mol. The van der Waals surface area contributed by atoms with E-state index in [1.165, 1.54) is 0 Å². The van der Waals surface area contributed by atoms with Crippen molar-refractivity contribution in [3.05, 3.63) is 65.7 Å². The summed E-state index contributed by atoms with van der Waals surface area (Å²) in [5, 5.41) is 0.909. The molecule has 0 fully saturated rings. The number of rotatable bonds is 5. The fourth-order valence-electron chi connectivity index (χ4n) is 2.93. The highest BCUT2D eigenvalue weighted by atomic mass is 16.2. The molecule has 0 N–H and O–H groups in total. The molecule has 26 heavy (non-hydrogen) atoms. The number of benzene rings is 2. The summed E-state index contributed by atoms with van der Waals surface area (Å²) < 4.78 is 0. The zero-order chi connectivity index (χ0) is 18.7. The molecule has 4 heteroatoms. The largest absolute Gasteiger partial charge is 0.340 e. The molecule has 3 rings (SSSR count). The van der Waals surface area contributed by atoms with Crippen LogP contribution in [0.1, 0.15) is 15.9 Å². The Morgan fingerprint density at radius 1 is 0.962 bits per heavy atom. The quantitative estimate of drug-likeness (QED) is 0.703. The first-order chi connectivity index (χ1) is 12.5. The van der Waals surface area contributed by atoms with E-state index in [2.05, 4.69) is 4.90 Å². The maximum Gasteiger partial charge on any atom is 0.254 e. The zero-order valence-corrected chi connectivity index (χ0v) is 15.9. The second kappa shape index (κ2) is 7.67. The molecule has 0 bridgehead atoms. The first-order valence-electron chi connectivity index (χ1n) is 8.83. The van der Waals surface area contributed by atoms with Crippen LogP contribution in [0.15, 0.2) is 54.6 Å². The maximum atomic E-state index is 13.1. The molecule has 0 atom stereocenters. The van der Waals surface area contributed by atoms with Crippen molar-refractivity contribution >= 4 is 16.8 Å². The minimum atomic E-state index is 0.0297. The van der Waals surface area contributed by atoms with Crippen LogP contribution in [-0.2, 0) is 0 Å². The van der Waals surface area contributed by atoms with Gasteiger partial charge in [-0.05, 0) is 39.2 Å². The van der Waals surface area contributed by atoms with E-state index in [4.69, 9.17) is 4.98 Å². The van der Waals surface area contributed by atoms with Crippen molar-refractivity contribution in [2.24, 2.45) is 0 Å². The lowest BCUT2D eigenvalue weighted by atomic mass is 10.0. The van der Waals surface area contributed by atoms with Crippen molar-refractivity contribution in [2.45, 2.75) is 6.92 Å². The van der Waals surface area contributed by atoms with Crippen molar-refractivity contribution in [1.82, 2.24) is 14.8 Å². The van der Waals surface area contributed by atoms with Crippen molar-refractivity contribution in [3.63, 3.8) is 0 Å². The smallest absolute Gasteiger partial charge is 0.254 e. The number of nitrogens with zero attached hydrogens (tertiary/aromatic N) is 3. The van der Waals surface area contributed by atoms with E-state index in [1.54, 1.807) is 4.90 Å². The van der Waals surface area contributed by atoms with Gasteiger partial charge in [0.15, 0.2) is 0 Å². The van der Waals surface area contributed by atoms with Gasteiger partial charge in [-0.15, -0.1) is 0 Å². The van der Waals surface area contributed by atoms with Crippen LogP contribution in [0, 0.1) is 6.92 Å². The van der Waals surface area contributed by atoms with E-state index in [-0.39, 0.29) is 5.91 Å². The van der Waals surface area contributed by atoms with Crippen molar-refractivity contribution < 1.29 is 4.79 Å². The lowest BCUT2D eigenvalue weighted by molar-refractivity contribution is 0.0788. The summed E-state index contributed by atoms with van der Waals surface area (Å²) in [7, 11) is 5.88. The molecule has 1 heterocycles.